The number of amides is 2. The van der Waals surface area contributed by atoms with Crippen LogP contribution in [0.4, 0.5) is 9.59 Å². The van der Waals surface area contributed by atoms with E-state index in [1.54, 1.807) is 11.1 Å². The number of aromatic amines is 2. The van der Waals surface area contributed by atoms with Gasteiger partial charge in [-0.3, -0.25) is 4.90 Å². The number of nitrogens with zero attached hydrogens (tertiary/aromatic N) is 3. The minimum absolute atomic E-state index is 0.111. The van der Waals surface area contributed by atoms with Gasteiger partial charge in [-0.25, -0.2) is 19.6 Å². The number of ether oxygens (including phenoxy) is 2. The molecule has 0 aliphatic carbocycles. The van der Waals surface area contributed by atoms with Crippen LogP contribution in [-0.2, 0) is 9.47 Å². The number of H-pyrrole nitrogens is 2. The van der Waals surface area contributed by atoms with E-state index in [1.807, 2.05) is 61.6 Å². The number of aromatic nitrogens is 4. The highest BCUT2D eigenvalue weighted by molar-refractivity contribution is 5.72. The van der Waals surface area contributed by atoms with Crippen LogP contribution in [-0.4, -0.2) is 54.8 Å². The molecule has 5 rings (SSSR count). The maximum absolute atomic E-state index is 12.8. The van der Waals surface area contributed by atoms with Gasteiger partial charge >= 0.3 is 12.2 Å². The highest BCUT2D eigenvalue weighted by atomic mass is 16.6. The number of nitrogens with one attached hydrogen (secondary N) is 3. The van der Waals surface area contributed by atoms with E-state index in [1.165, 1.54) is 0 Å². The molecule has 4 aromatic rings. The van der Waals surface area contributed by atoms with Crippen molar-refractivity contribution in [3.8, 4) is 33.6 Å². The average molecular weight is 627 g/mol. The number of rotatable bonds is 7. The molecule has 10 heteroatoms. The third-order valence-corrected chi connectivity index (χ3v) is 7.75. The first-order chi connectivity index (χ1) is 21.7. The van der Waals surface area contributed by atoms with Crippen molar-refractivity contribution >= 4 is 12.2 Å². The van der Waals surface area contributed by atoms with Crippen molar-refractivity contribution in [2.45, 2.75) is 91.5 Å². The van der Waals surface area contributed by atoms with Crippen molar-refractivity contribution in [3.63, 3.8) is 0 Å². The van der Waals surface area contributed by atoms with Crippen LogP contribution in [0, 0.1) is 5.92 Å². The summed E-state index contributed by atoms with van der Waals surface area (Å²) in [5.74, 6) is 1.57. The maximum atomic E-state index is 12.8. The van der Waals surface area contributed by atoms with Crippen LogP contribution in [0.5, 0.6) is 0 Å². The molecule has 3 N–H and O–H groups in total. The van der Waals surface area contributed by atoms with E-state index in [0.29, 0.717) is 12.4 Å². The summed E-state index contributed by atoms with van der Waals surface area (Å²) in [5.41, 5.74) is 4.86. The number of carbonyl (C=O) groups is 2. The van der Waals surface area contributed by atoms with Crippen LogP contribution in [0.1, 0.15) is 92.0 Å². The Kier molecular flexibility index (Phi) is 9.28. The summed E-state index contributed by atoms with van der Waals surface area (Å²) in [5, 5.41) is 2.95. The summed E-state index contributed by atoms with van der Waals surface area (Å²) in [6.45, 7) is 15.9. The Morgan fingerprint density at radius 3 is 1.87 bits per heavy atom. The van der Waals surface area contributed by atoms with Crippen molar-refractivity contribution < 1.29 is 19.1 Å². The summed E-state index contributed by atoms with van der Waals surface area (Å²) in [4.78, 5) is 43.0. The Morgan fingerprint density at radius 1 is 0.804 bits per heavy atom. The monoisotopic (exact) mass is 626 g/mol. The second-order valence-corrected chi connectivity index (χ2v) is 14.2. The van der Waals surface area contributed by atoms with Gasteiger partial charge in [-0.15, -0.1) is 0 Å². The highest BCUT2D eigenvalue weighted by Crippen LogP contribution is 2.33. The Hall–Kier alpha value is -4.60. The Balaban J connectivity index is 1.25. The predicted octanol–water partition coefficient (Wildman–Crippen LogP) is 8.43. The first-order valence-electron chi connectivity index (χ1n) is 16.0. The fourth-order valence-electron chi connectivity index (χ4n) is 5.55. The molecule has 0 radical (unpaired) electrons. The summed E-state index contributed by atoms with van der Waals surface area (Å²) < 4.78 is 11.1. The van der Waals surface area contributed by atoms with E-state index in [0.717, 1.165) is 52.3 Å². The number of benzene rings is 2. The standard InChI is InChI=1S/C36H46N6O4/c1-22(2)30(41-33(43)45-35(3,4)5)32-38-21-28(40-32)26-17-13-24(14-18-26)23-11-15-25(16-12-23)27-20-37-31(39-27)29-10-9-19-42(29)34(44)46-36(6,7)8/h11-18,20-22,29-30H,9-10,19H2,1-8H3,(H,37,39)(H,38,40)(H,41,43)/t29-,30+/m0/s1. The molecule has 0 spiro atoms. The maximum Gasteiger partial charge on any atom is 0.410 e. The molecule has 244 valence electrons. The van der Waals surface area contributed by atoms with Gasteiger partial charge in [-0.05, 0) is 82.6 Å². The fraction of sp³-hybridized carbons (Fsp3) is 0.444. The van der Waals surface area contributed by atoms with Gasteiger partial charge in [0, 0.05) is 6.54 Å². The van der Waals surface area contributed by atoms with Gasteiger partial charge in [0.2, 0.25) is 0 Å². The molecule has 2 atom stereocenters. The van der Waals surface area contributed by atoms with Crippen LogP contribution in [0.15, 0.2) is 60.9 Å². The topological polar surface area (TPSA) is 125 Å². The Morgan fingerprint density at radius 2 is 1.33 bits per heavy atom. The Bertz CT molecular complexity index is 1560. The van der Waals surface area contributed by atoms with Crippen molar-refractivity contribution in [1.29, 1.82) is 0 Å². The minimum Gasteiger partial charge on any atom is -0.444 e. The molecule has 2 aromatic carbocycles. The Labute approximate surface area is 271 Å². The predicted molar refractivity (Wildman–Crippen MR) is 179 cm³/mol. The third kappa shape index (κ3) is 7.97. The minimum atomic E-state index is -0.577. The van der Waals surface area contributed by atoms with Crippen molar-refractivity contribution in [3.05, 3.63) is 72.6 Å². The first kappa shape index (κ1) is 32.8. The van der Waals surface area contributed by atoms with Crippen LogP contribution < -0.4 is 5.32 Å². The van der Waals surface area contributed by atoms with E-state index in [9.17, 15) is 9.59 Å². The zero-order valence-electron chi connectivity index (χ0n) is 28.1. The quantitative estimate of drug-likeness (QED) is 0.189. The van der Waals surface area contributed by atoms with Gasteiger partial charge in [0.15, 0.2) is 0 Å². The lowest BCUT2D eigenvalue weighted by Crippen LogP contribution is -2.37. The van der Waals surface area contributed by atoms with E-state index in [-0.39, 0.29) is 24.1 Å². The van der Waals surface area contributed by atoms with Crippen molar-refractivity contribution in [2.75, 3.05) is 6.54 Å². The normalized spacial score (nSPS) is 16.0. The molecule has 0 bridgehead atoms. The second kappa shape index (κ2) is 13.0. The molecule has 0 saturated carbocycles. The average Bonchev–Trinajstić information content (AvgIpc) is 3.75. The van der Waals surface area contributed by atoms with E-state index >= 15 is 0 Å². The third-order valence-electron chi connectivity index (χ3n) is 7.75. The van der Waals surface area contributed by atoms with Crippen molar-refractivity contribution in [1.82, 2.24) is 30.2 Å². The fourth-order valence-corrected chi connectivity index (χ4v) is 5.55. The first-order valence-corrected chi connectivity index (χ1v) is 16.0. The van der Waals surface area contributed by atoms with E-state index in [4.69, 9.17) is 9.47 Å². The molecular formula is C36H46N6O4. The zero-order valence-corrected chi connectivity index (χ0v) is 28.1. The van der Waals surface area contributed by atoms with Crippen LogP contribution in [0.25, 0.3) is 33.6 Å². The second-order valence-electron chi connectivity index (χ2n) is 14.2. The van der Waals surface area contributed by atoms with Gasteiger partial charge in [-0.2, -0.15) is 0 Å². The molecule has 1 fully saturated rings. The lowest BCUT2D eigenvalue weighted by atomic mass is 10.0. The molecule has 0 unspecified atom stereocenters. The molecule has 10 nitrogen and oxygen atoms in total. The molecule has 1 aliphatic heterocycles. The van der Waals surface area contributed by atoms with Gasteiger partial charge in [0.1, 0.15) is 22.9 Å². The van der Waals surface area contributed by atoms with Gasteiger partial charge in [0.25, 0.3) is 0 Å². The van der Waals surface area contributed by atoms with Gasteiger partial charge in [-0.1, -0.05) is 62.4 Å². The number of alkyl carbamates (subject to hydrolysis) is 1. The number of imidazole rings is 2. The summed E-state index contributed by atoms with van der Waals surface area (Å²) >= 11 is 0. The SMILES string of the molecule is CC(C)[C@@H](NC(=O)OC(C)(C)C)c1ncc(-c2ccc(-c3ccc(-c4cnc([C@@H]5CCCN5C(=O)OC(C)(C)C)[nH]4)cc3)cc2)[nH]1. The summed E-state index contributed by atoms with van der Waals surface area (Å²) in [7, 11) is 0. The summed E-state index contributed by atoms with van der Waals surface area (Å²) in [6, 6.07) is 16.2. The molecular weight excluding hydrogens is 580 g/mol. The smallest absolute Gasteiger partial charge is 0.410 e. The van der Waals surface area contributed by atoms with Crippen LogP contribution in [0.3, 0.4) is 0 Å². The van der Waals surface area contributed by atoms with Crippen molar-refractivity contribution in [2.24, 2.45) is 5.92 Å². The zero-order chi connectivity index (χ0) is 33.2. The molecule has 46 heavy (non-hydrogen) atoms. The lowest BCUT2D eigenvalue weighted by molar-refractivity contribution is 0.0218. The van der Waals surface area contributed by atoms with Crippen LogP contribution in [0.2, 0.25) is 0 Å². The molecule has 1 saturated heterocycles. The number of carbonyl (C=O) groups excluding carboxylic acids is 2. The largest absolute Gasteiger partial charge is 0.444 e. The lowest BCUT2D eigenvalue weighted by Gasteiger charge is -2.27. The number of likely N-dealkylation sites (tertiary alicyclic amines) is 1. The number of hydrogen-bond donors (Lipinski definition) is 3. The molecule has 1 aliphatic rings. The number of hydrogen-bond acceptors (Lipinski definition) is 6. The molecule has 2 aromatic heterocycles. The van der Waals surface area contributed by atoms with Crippen LogP contribution >= 0.6 is 0 Å². The van der Waals surface area contributed by atoms with Gasteiger partial charge < -0.3 is 24.8 Å². The van der Waals surface area contributed by atoms with Gasteiger partial charge in [0.05, 0.1) is 35.9 Å². The highest BCUT2D eigenvalue weighted by Gasteiger charge is 2.35. The summed E-state index contributed by atoms with van der Waals surface area (Å²) in [6.07, 6.45) is 4.62. The van der Waals surface area contributed by atoms with E-state index < -0.39 is 17.3 Å². The van der Waals surface area contributed by atoms with E-state index in [2.05, 4.69) is 73.8 Å². The molecule has 2 amide bonds. The molecule has 3 heterocycles.